The van der Waals surface area contributed by atoms with E-state index in [0.29, 0.717) is 11.3 Å². The second-order valence-corrected chi connectivity index (χ2v) is 4.71. The Labute approximate surface area is 166 Å². The minimum absolute atomic E-state index is 0. The van der Waals surface area contributed by atoms with E-state index >= 15 is 0 Å². The minimum atomic E-state index is -0.413. The molecule has 119 valence electrons. The standard InChI is InChI=1S/C19H12FO2.V.W/c20-17-10-6-14(7-11-17)15-8-12-18(13-9-15)22-19(21)16-4-2-1-3-5-16;;/h2-13H;;/q-1;;. The van der Waals surface area contributed by atoms with E-state index in [9.17, 15) is 9.18 Å². The molecule has 0 spiro atoms. The van der Waals surface area contributed by atoms with E-state index in [1.54, 1.807) is 48.5 Å². The van der Waals surface area contributed by atoms with Gasteiger partial charge in [-0.05, 0) is 41.0 Å². The Morgan fingerprint density at radius 2 is 1.33 bits per heavy atom. The fourth-order valence-electron chi connectivity index (χ4n) is 2.05. The topological polar surface area (TPSA) is 26.3 Å². The maximum atomic E-state index is 12.9. The molecular formula is C19H12FO2VW-. The molecule has 0 amide bonds. The van der Waals surface area contributed by atoms with E-state index in [2.05, 4.69) is 6.07 Å². The van der Waals surface area contributed by atoms with E-state index < -0.39 is 5.97 Å². The fourth-order valence-corrected chi connectivity index (χ4v) is 2.05. The van der Waals surface area contributed by atoms with Crippen LogP contribution in [0.1, 0.15) is 10.4 Å². The number of carbonyl (C=O) groups excluding carboxylic acids is 1. The summed E-state index contributed by atoms with van der Waals surface area (Å²) in [6.45, 7) is 0. The third kappa shape index (κ3) is 5.17. The van der Waals surface area contributed by atoms with Gasteiger partial charge in [0.15, 0.2) is 0 Å². The van der Waals surface area contributed by atoms with Gasteiger partial charge in [0.05, 0.1) is 0 Å². The summed E-state index contributed by atoms with van der Waals surface area (Å²) in [5, 5.41) is 0. The van der Waals surface area contributed by atoms with Crippen molar-refractivity contribution in [1.82, 2.24) is 0 Å². The van der Waals surface area contributed by atoms with E-state index in [-0.39, 0.29) is 45.4 Å². The van der Waals surface area contributed by atoms with Gasteiger partial charge in [0, 0.05) is 39.6 Å². The van der Waals surface area contributed by atoms with Crippen LogP contribution in [0.2, 0.25) is 0 Å². The van der Waals surface area contributed by atoms with Crippen LogP contribution in [0.3, 0.4) is 0 Å². The van der Waals surface area contributed by atoms with Crippen molar-refractivity contribution in [3.63, 3.8) is 0 Å². The number of hydrogen-bond donors (Lipinski definition) is 0. The largest absolute Gasteiger partial charge is 0.424 e. The maximum Gasteiger partial charge on any atom is 0.318 e. The molecule has 0 saturated heterocycles. The van der Waals surface area contributed by atoms with Crippen molar-refractivity contribution < 1.29 is 53.5 Å². The van der Waals surface area contributed by atoms with Crippen molar-refractivity contribution in [3.05, 3.63) is 90.2 Å². The zero-order valence-electron chi connectivity index (χ0n) is 12.5. The summed E-state index contributed by atoms with van der Waals surface area (Å²) >= 11 is 0. The number of hydrogen-bond acceptors (Lipinski definition) is 2. The van der Waals surface area contributed by atoms with Crippen LogP contribution in [0.25, 0.3) is 11.1 Å². The molecule has 0 aliphatic heterocycles. The fraction of sp³-hybridized carbons (Fsp3) is 0. The molecule has 0 heterocycles. The Hall–Kier alpha value is -1.67. The zero-order valence-corrected chi connectivity index (χ0v) is 16.8. The number of halogens is 1. The molecule has 24 heavy (non-hydrogen) atoms. The van der Waals surface area contributed by atoms with Crippen molar-refractivity contribution in [2.75, 3.05) is 0 Å². The van der Waals surface area contributed by atoms with Crippen molar-refractivity contribution in [1.29, 1.82) is 0 Å². The Balaban J connectivity index is 0.00000144. The van der Waals surface area contributed by atoms with Gasteiger partial charge in [-0.25, -0.2) is 9.18 Å². The molecule has 3 aromatic rings. The Kier molecular flexibility index (Phi) is 8.14. The van der Waals surface area contributed by atoms with Crippen molar-refractivity contribution in [3.8, 4) is 16.9 Å². The van der Waals surface area contributed by atoms with Crippen molar-refractivity contribution in [2.45, 2.75) is 0 Å². The molecule has 0 aliphatic rings. The number of carbonyl (C=O) groups is 1. The summed E-state index contributed by atoms with van der Waals surface area (Å²) in [4.78, 5) is 11.9. The Bertz CT molecular complexity index is 775. The van der Waals surface area contributed by atoms with E-state index in [1.807, 2.05) is 12.1 Å². The molecule has 3 aromatic carbocycles. The third-order valence-corrected chi connectivity index (χ3v) is 3.20. The van der Waals surface area contributed by atoms with Crippen LogP contribution in [0.5, 0.6) is 5.75 Å². The van der Waals surface area contributed by atoms with Crippen LogP contribution >= 0.6 is 0 Å². The van der Waals surface area contributed by atoms with Crippen LogP contribution in [0.4, 0.5) is 4.39 Å². The smallest absolute Gasteiger partial charge is 0.318 e. The van der Waals surface area contributed by atoms with E-state index in [0.717, 1.165) is 11.1 Å². The third-order valence-electron chi connectivity index (χ3n) is 3.20. The predicted molar refractivity (Wildman–Crippen MR) is 82.1 cm³/mol. The summed E-state index contributed by atoms with van der Waals surface area (Å²) in [5.74, 6) is -0.221. The summed E-state index contributed by atoms with van der Waals surface area (Å²) in [6, 6.07) is 22.8. The molecule has 0 saturated carbocycles. The molecule has 0 atom stereocenters. The monoisotopic (exact) mass is 526 g/mol. The zero-order chi connectivity index (χ0) is 15.4. The second-order valence-electron chi connectivity index (χ2n) is 4.71. The maximum absolute atomic E-state index is 12.9. The average molecular weight is 526 g/mol. The van der Waals surface area contributed by atoms with Gasteiger partial charge in [0.1, 0.15) is 11.6 Å². The second kappa shape index (κ2) is 9.59. The Morgan fingerprint density at radius 3 is 1.88 bits per heavy atom. The number of benzene rings is 3. The Morgan fingerprint density at radius 1 is 0.833 bits per heavy atom. The van der Waals surface area contributed by atoms with Gasteiger partial charge in [-0.3, -0.25) is 0 Å². The van der Waals surface area contributed by atoms with E-state index in [4.69, 9.17) is 4.74 Å². The van der Waals surface area contributed by atoms with E-state index in [1.165, 1.54) is 12.1 Å². The summed E-state index contributed by atoms with van der Waals surface area (Å²) in [6.07, 6.45) is 0. The van der Waals surface area contributed by atoms with Gasteiger partial charge in [0.25, 0.3) is 0 Å². The quantitative estimate of drug-likeness (QED) is 0.286. The molecular weight excluding hydrogens is 514 g/mol. The molecule has 0 aliphatic carbocycles. The van der Waals surface area contributed by atoms with Gasteiger partial charge >= 0.3 is 5.97 Å². The SMILES string of the molecule is O=C(Oc1ccc(-c2ccc(F)cc2)cc1)c1cc[c-]cc1.[V].[W]. The molecule has 0 N–H and O–H groups in total. The first-order valence-corrected chi connectivity index (χ1v) is 6.77. The molecule has 3 rings (SSSR count). The molecule has 1 radical (unpaired) electrons. The number of ether oxygens (including phenoxy) is 1. The van der Waals surface area contributed by atoms with Crippen LogP contribution < -0.4 is 4.74 Å². The van der Waals surface area contributed by atoms with Gasteiger partial charge in [0.2, 0.25) is 0 Å². The summed E-state index contributed by atoms with van der Waals surface area (Å²) in [5.41, 5.74) is 2.30. The average Bonchev–Trinajstić information content (AvgIpc) is 2.57. The van der Waals surface area contributed by atoms with Crippen molar-refractivity contribution in [2.24, 2.45) is 0 Å². The first-order chi connectivity index (χ1) is 10.7. The van der Waals surface area contributed by atoms with Gasteiger partial charge in [-0.2, -0.15) is 30.3 Å². The first kappa shape index (κ1) is 20.4. The first-order valence-electron chi connectivity index (χ1n) is 6.77. The minimum Gasteiger partial charge on any atom is -0.424 e. The normalized spacial score (nSPS) is 9.38. The molecule has 2 nitrogen and oxygen atoms in total. The van der Waals surface area contributed by atoms with Gasteiger partial charge in [-0.1, -0.05) is 24.3 Å². The number of esters is 1. The summed E-state index contributed by atoms with van der Waals surface area (Å²) < 4.78 is 18.2. The van der Waals surface area contributed by atoms with Gasteiger partial charge in [-0.15, -0.1) is 0 Å². The van der Waals surface area contributed by atoms with Crippen LogP contribution in [-0.4, -0.2) is 5.97 Å². The molecule has 0 fully saturated rings. The molecule has 0 aromatic heterocycles. The van der Waals surface area contributed by atoms with Crippen LogP contribution in [-0.2, 0) is 39.6 Å². The van der Waals surface area contributed by atoms with Crippen LogP contribution in [0.15, 0.2) is 72.8 Å². The molecule has 0 unspecified atom stereocenters. The number of rotatable bonds is 3. The predicted octanol–water partition coefficient (Wildman–Crippen LogP) is 4.51. The summed E-state index contributed by atoms with van der Waals surface area (Å²) in [7, 11) is 0. The molecule has 5 heteroatoms. The van der Waals surface area contributed by atoms with Crippen molar-refractivity contribution >= 4 is 5.97 Å². The van der Waals surface area contributed by atoms with Gasteiger partial charge < -0.3 is 4.74 Å². The molecule has 0 bridgehead atoms. The van der Waals surface area contributed by atoms with Crippen LogP contribution in [0, 0.1) is 11.9 Å².